The average molecular weight is 181 g/mol. The highest BCUT2D eigenvalue weighted by molar-refractivity contribution is 4.91. The fourth-order valence-electron chi connectivity index (χ4n) is 1.57. The van der Waals surface area contributed by atoms with Gasteiger partial charge in [0.25, 0.3) is 0 Å². The van der Waals surface area contributed by atoms with Gasteiger partial charge in [0.15, 0.2) is 0 Å². The largest absolute Gasteiger partial charge is 0.335 e. The molecule has 1 aromatic rings. The van der Waals surface area contributed by atoms with Crippen LogP contribution in [-0.2, 0) is 13.0 Å². The molecule has 0 aliphatic heterocycles. The molecule has 1 N–H and O–H groups in total. The molecular weight excluding hydrogens is 162 g/mol. The van der Waals surface area contributed by atoms with Crippen LogP contribution in [0.25, 0.3) is 0 Å². The number of aromatic nitrogens is 2. The predicted octanol–water partition coefficient (Wildman–Crippen LogP) is 1.30. The normalized spacial score (nSPS) is 13.2. The molecule has 0 aliphatic carbocycles. The van der Waals surface area contributed by atoms with Crippen molar-refractivity contribution < 1.29 is 0 Å². The Balaban J connectivity index is 2.52. The molecule has 13 heavy (non-hydrogen) atoms. The van der Waals surface area contributed by atoms with E-state index in [4.69, 9.17) is 0 Å². The standard InChI is InChI=1S/C10H19N3/c1-4-10-12-5-6-13(10)8-9(2)7-11-3/h5-6,9,11H,4,7-8H2,1-3H3. The van der Waals surface area contributed by atoms with Crippen LogP contribution in [0.4, 0.5) is 0 Å². The molecule has 1 unspecified atom stereocenters. The first kappa shape index (κ1) is 10.3. The number of nitrogens with one attached hydrogen (secondary N) is 1. The second-order valence-corrected chi connectivity index (χ2v) is 3.51. The molecule has 3 heteroatoms. The van der Waals surface area contributed by atoms with Gasteiger partial charge in [0.2, 0.25) is 0 Å². The third-order valence-corrected chi connectivity index (χ3v) is 2.18. The minimum Gasteiger partial charge on any atom is -0.335 e. The number of nitrogens with zero attached hydrogens (tertiary/aromatic N) is 2. The second-order valence-electron chi connectivity index (χ2n) is 3.51. The molecule has 1 atom stereocenters. The summed E-state index contributed by atoms with van der Waals surface area (Å²) >= 11 is 0. The quantitative estimate of drug-likeness (QED) is 0.742. The molecule has 0 amide bonds. The van der Waals surface area contributed by atoms with Crippen LogP contribution in [0.5, 0.6) is 0 Å². The molecule has 0 aliphatic rings. The second kappa shape index (κ2) is 5.02. The van der Waals surface area contributed by atoms with Crippen molar-refractivity contribution in [2.45, 2.75) is 26.8 Å². The highest BCUT2D eigenvalue weighted by Gasteiger charge is 2.04. The predicted molar refractivity (Wildman–Crippen MR) is 54.7 cm³/mol. The van der Waals surface area contributed by atoms with Crippen molar-refractivity contribution in [2.24, 2.45) is 5.92 Å². The zero-order valence-corrected chi connectivity index (χ0v) is 8.75. The van der Waals surface area contributed by atoms with Gasteiger partial charge in [0.05, 0.1) is 0 Å². The summed E-state index contributed by atoms with van der Waals surface area (Å²) in [6.07, 6.45) is 4.95. The van der Waals surface area contributed by atoms with Crippen LogP contribution in [-0.4, -0.2) is 23.1 Å². The van der Waals surface area contributed by atoms with E-state index in [1.807, 2.05) is 13.2 Å². The van der Waals surface area contributed by atoms with Crippen LogP contribution >= 0.6 is 0 Å². The lowest BCUT2D eigenvalue weighted by Crippen LogP contribution is -2.21. The van der Waals surface area contributed by atoms with E-state index in [2.05, 4.69) is 34.9 Å². The zero-order chi connectivity index (χ0) is 9.68. The topological polar surface area (TPSA) is 29.9 Å². The fraction of sp³-hybridized carbons (Fsp3) is 0.700. The number of rotatable bonds is 5. The van der Waals surface area contributed by atoms with Crippen molar-refractivity contribution in [2.75, 3.05) is 13.6 Å². The Morgan fingerprint density at radius 2 is 2.38 bits per heavy atom. The van der Waals surface area contributed by atoms with E-state index in [9.17, 15) is 0 Å². The van der Waals surface area contributed by atoms with E-state index in [-0.39, 0.29) is 0 Å². The molecule has 0 radical (unpaired) electrons. The summed E-state index contributed by atoms with van der Waals surface area (Å²) < 4.78 is 2.24. The summed E-state index contributed by atoms with van der Waals surface area (Å²) in [5.41, 5.74) is 0. The molecule has 0 spiro atoms. The number of hydrogen-bond acceptors (Lipinski definition) is 2. The van der Waals surface area contributed by atoms with Crippen LogP contribution in [0.1, 0.15) is 19.7 Å². The van der Waals surface area contributed by atoms with Crippen LogP contribution in [0, 0.1) is 5.92 Å². The molecule has 74 valence electrons. The lowest BCUT2D eigenvalue weighted by atomic mass is 10.2. The summed E-state index contributed by atoms with van der Waals surface area (Å²) in [5.74, 6) is 1.84. The van der Waals surface area contributed by atoms with Gasteiger partial charge in [-0.05, 0) is 19.5 Å². The third-order valence-electron chi connectivity index (χ3n) is 2.18. The monoisotopic (exact) mass is 181 g/mol. The fourth-order valence-corrected chi connectivity index (χ4v) is 1.57. The highest BCUT2D eigenvalue weighted by atomic mass is 15.1. The van der Waals surface area contributed by atoms with Crippen LogP contribution in [0.2, 0.25) is 0 Å². The minimum atomic E-state index is 0.657. The summed E-state index contributed by atoms with van der Waals surface area (Å²) in [6, 6.07) is 0. The smallest absolute Gasteiger partial charge is 0.108 e. The summed E-state index contributed by atoms with van der Waals surface area (Å²) in [6.45, 7) is 6.50. The van der Waals surface area contributed by atoms with Gasteiger partial charge in [-0.25, -0.2) is 4.98 Å². The SMILES string of the molecule is CCc1nccn1CC(C)CNC. The van der Waals surface area contributed by atoms with Crippen molar-refractivity contribution in [3.05, 3.63) is 18.2 Å². The van der Waals surface area contributed by atoms with E-state index in [0.717, 1.165) is 19.5 Å². The maximum Gasteiger partial charge on any atom is 0.108 e. The Morgan fingerprint density at radius 1 is 1.62 bits per heavy atom. The Labute approximate surface area is 80.2 Å². The van der Waals surface area contributed by atoms with Gasteiger partial charge >= 0.3 is 0 Å². The maximum absolute atomic E-state index is 4.29. The van der Waals surface area contributed by atoms with Crippen molar-refractivity contribution in [3.8, 4) is 0 Å². The molecule has 1 rings (SSSR count). The van der Waals surface area contributed by atoms with Gasteiger partial charge in [-0.1, -0.05) is 13.8 Å². The maximum atomic E-state index is 4.29. The third kappa shape index (κ3) is 2.84. The number of aryl methyl sites for hydroxylation is 1. The van der Waals surface area contributed by atoms with Crippen LogP contribution in [0.3, 0.4) is 0 Å². The minimum absolute atomic E-state index is 0.657. The first-order chi connectivity index (χ1) is 6.27. The van der Waals surface area contributed by atoms with Gasteiger partial charge in [0, 0.05) is 25.4 Å². The van der Waals surface area contributed by atoms with Crippen molar-refractivity contribution in [1.82, 2.24) is 14.9 Å². The van der Waals surface area contributed by atoms with Gasteiger partial charge in [-0.15, -0.1) is 0 Å². The summed E-state index contributed by atoms with van der Waals surface area (Å²) in [5, 5.41) is 3.18. The Morgan fingerprint density at radius 3 is 3.00 bits per heavy atom. The highest BCUT2D eigenvalue weighted by Crippen LogP contribution is 2.03. The van der Waals surface area contributed by atoms with Gasteiger partial charge in [-0.2, -0.15) is 0 Å². The van der Waals surface area contributed by atoms with E-state index < -0.39 is 0 Å². The van der Waals surface area contributed by atoms with E-state index in [0.29, 0.717) is 5.92 Å². The first-order valence-corrected chi connectivity index (χ1v) is 4.92. The lowest BCUT2D eigenvalue weighted by Gasteiger charge is -2.13. The van der Waals surface area contributed by atoms with Gasteiger partial charge in [-0.3, -0.25) is 0 Å². The van der Waals surface area contributed by atoms with Crippen molar-refractivity contribution in [1.29, 1.82) is 0 Å². The molecule has 1 heterocycles. The molecule has 0 fully saturated rings. The molecule has 0 saturated heterocycles. The number of hydrogen-bond donors (Lipinski definition) is 1. The van der Waals surface area contributed by atoms with E-state index >= 15 is 0 Å². The first-order valence-electron chi connectivity index (χ1n) is 4.92. The number of imidazole rings is 1. The van der Waals surface area contributed by atoms with Crippen LogP contribution in [0.15, 0.2) is 12.4 Å². The Bertz CT molecular complexity index is 242. The molecule has 0 aromatic carbocycles. The molecule has 0 bridgehead atoms. The molecular formula is C10H19N3. The summed E-state index contributed by atoms with van der Waals surface area (Å²) in [7, 11) is 1.99. The summed E-state index contributed by atoms with van der Waals surface area (Å²) in [4.78, 5) is 4.29. The Hall–Kier alpha value is -0.830. The van der Waals surface area contributed by atoms with Crippen molar-refractivity contribution in [3.63, 3.8) is 0 Å². The Kier molecular flexibility index (Phi) is 3.96. The molecule has 0 saturated carbocycles. The van der Waals surface area contributed by atoms with Crippen molar-refractivity contribution >= 4 is 0 Å². The van der Waals surface area contributed by atoms with Gasteiger partial charge < -0.3 is 9.88 Å². The average Bonchev–Trinajstić information content (AvgIpc) is 2.52. The molecule has 3 nitrogen and oxygen atoms in total. The van der Waals surface area contributed by atoms with Gasteiger partial charge in [0.1, 0.15) is 5.82 Å². The zero-order valence-electron chi connectivity index (χ0n) is 8.75. The molecule has 1 aromatic heterocycles. The van der Waals surface area contributed by atoms with Crippen LogP contribution < -0.4 is 5.32 Å². The lowest BCUT2D eigenvalue weighted by molar-refractivity contribution is 0.453. The van der Waals surface area contributed by atoms with E-state index in [1.165, 1.54) is 5.82 Å². The van der Waals surface area contributed by atoms with E-state index in [1.54, 1.807) is 0 Å².